The van der Waals surface area contributed by atoms with Crippen LogP contribution in [0, 0.1) is 6.92 Å². The highest BCUT2D eigenvalue weighted by molar-refractivity contribution is 5.81. The van der Waals surface area contributed by atoms with Crippen LogP contribution in [0.1, 0.15) is 32.9 Å². The van der Waals surface area contributed by atoms with Gasteiger partial charge < -0.3 is 18.9 Å². The van der Waals surface area contributed by atoms with Crippen LogP contribution in [0.5, 0.6) is 5.88 Å². The number of rotatable bonds is 3. The van der Waals surface area contributed by atoms with Gasteiger partial charge in [0.2, 0.25) is 5.88 Å². The summed E-state index contributed by atoms with van der Waals surface area (Å²) in [7, 11) is 3.79. The Hall–Kier alpha value is -3.17. The highest BCUT2D eigenvalue weighted by atomic mass is 16.6. The summed E-state index contributed by atoms with van der Waals surface area (Å²) in [5.41, 5.74) is 2.56. The van der Waals surface area contributed by atoms with Crippen LogP contribution in [0.15, 0.2) is 12.5 Å². The van der Waals surface area contributed by atoms with Crippen LogP contribution in [0.4, 0.5) is 4.79 Å². The first-order chi connectivity index (χ1) is 14.1. The first-order valence-corrected chi connectivity index (χ1v) is 9.95. The predicted molar refractivity (Wildman–Crippen MR) is 110 cm³/mol. The summed E-state index contributed by atoms with van der Waals surface area (Å²) in [4.78, 5) is 27.4. The summed E-state index contributed by atoms with van der Waals surface area (Å²) >= 11 is 0. The Kier molecular flexibility index (Phi) is 4.87. The molecule has 1 fully saturated rings. The molecule has 0 bridgehead atoms. The van der Waals surface area contributed by atoms with E-state index in [0.717, 1.165) is 17.1 Å². The molecule has 0 saturated carbocycles. The summed E-state index contributed by atoms with van der Waals surface area (Å²) in [5, 5.41) is 4.40. The number of ether oxygens (including phenoxy) is 2. The van der Waals surface area contributed by atoms with E-state index in [1.165, 1.54) is 6.33 Å². The van der Waals surface area contributed by atoms with E-state index in [4.69, 9.17) is 14.5 Å². The van der Waals surface area contributed by atoms with Crippen molar-refractivity contribution in [2.75, 3.05) is 13.1 Å². The summed E-state index contributed by atoms with van der Waals surface area (Å²) in [5.74, 6) is 1.17. The summed E-state index contributed by atoms with van der Waals surface area (Å²) in [6.07, 6.45) is 3.60. The zero-order valence-corrected chi connectivity index (χ0v) is 18.2. The molecular formula is C20H27N7O3. The fourth-order valence-corrected chi connectivity index (χ4v) is 3.60. The lowest BCUT2D eigenvalue weighted by Crippen LogP contribution is -2.36. The molecule has 0 aliphatic carbocycles. The van der Waals surface area contributed by atoms with Gasteiger partial charge >= 0.3 is 6.09 Å². The molecular weight excluding hydrogens is 386 g/mol. The SMILES string of the molecule is Cc1nn(C)cc1-c1nc2c(OC3CCN(C(=O)OC(C)(C)C)C3)ncnc2n1C. The van der Waals surface area contributed by atoms with Crippen LogP contribution < -0.4 is 4.74 Å². The first-order valence-electron chi connectivity index (χ1n) is 9.95. The van der Waals surface area contributed by atoms with Gasteiger partial charge in [-0.25, -0.2) is 14.8 Å². The number of amides is 1. The molecule has 10 heteroatoms. The largest absolute Gasteiger partial charge is 0.471 e. The molecule has 0 aromatic carbocycles. The lowest BCUT2D eigenvalue weighted by molar-refractivity contribution is 0.0275. The van der Waals surface area contributed by atoms with Crippen LogP contribution in [-0.4, -0.2) is 65.1 Å². The number of imidazole rings is 1. The highest BCUT2D eigenvalue weighted by Crippen LogP contribution is 2.29. The number of hydrogen-bond donors (Lipinski definition) is 0. The van der Waals surface area contributed by atoms with Crippen molar-refractivity contribution in [1.29, 1.82) is 0 Å². The molecule has 0 spiro atoms. The maximum atomic E-state index is 12.3. The molecule has 3 aromatic heterocycles. The van der Waals surface area contributed by atoms with Gasteiger partial charge in [0, 0.05) is 33.3 Å². The van der Waals surface area contributed by atoms with Gasteiger partial charge in [0.25, 0.3) is 0 Å². The highest BCUT2D eigenvalue weighted by Gasteiger charge is 2.32. The van der Waals surface area contributed by atoms with E-state index < -0.39 is 5.60 Å². The standard InChI is InChI=1S/C20H27N7O3/c1-12-14(10-25(5)24-12)16-23-15-17(26(16)6)21-11-22-18(15)29-13-7-8-27(9-13)19(28)30-20(2,3)4/h10-11,13H,7-9H2,1-6H3. The number of carbonyl (C=O) groups excluding carboxylic acids is 1. The third kappa shape index (κ3) is 3.81. The Balaban J connectivity index is 1.56. The second-order valence-corrected chi connectivity index (χ2v) is 8.60. The van der Waals surface area contributed by atoms with E-state index in [1.54, 1.807) is 9.58 Å². The van der Waals surface area contributed by atoms with Crippen LogP contribution in [0.2, 0.25) is 0 Å². The molecule has 1 unspecified atom stereocenters. The normalized spacial score (nSPS) is 17.0. The maximum absolute atomic E-state index is 12.3. The van der Waals surface area contributed by atoms with Crippen molar-refractivity contribution < 1.29 is 14.3 Å². The lowest BCUT2D eigenvalue weighted by atomic mass is 10.2. The van der Waals surface area contributed by atoms with Crippen molar-refractivity contribution in [2.24, 2.45) is 14.1 Å². The van der Waals surface area contributed by atoms with Crippen molar-refractivity contribution in [3.63, 3.8) is 0 Å². The third-order valence-electron chi connectivity index (χ3n) is 4.95. The quantitative estimate of drug-likeness (QED) is 0.650. The Morgan fingerprint density at radius 3 is 2.67 bits per heavy atom. The summed E-state index contributed by atoms with van der Waals surface area (Å²) in [6, 6.07) is 0. The molecule has 4 heterocycles. The van der Waals surface area contributed by atoms with E-state index in [-0.39, 0.29) is 12.2 Å². The smallest absolute Gasteiger partial charge is 0.410 e. The Morgan fingerprint density at radius 2 is 2.00 bits per heavy atom. The van der Waals surface area contributed by atoms with Crippen molar-refractivity contribution in [3.05, 3.63) is 18.2 Å². The molecule has 160 valence electrons. The van der Waals surface area contributed by atoms with E-state index in [9.17, 15) is 4.79 Å². The second-order valence-electron chi connectivity index (χ2n) is 8.60. The number of nitrogens with zero attached hydrogens (tertiary/aromatic N) is 7. The van der Waals surface area contributed by atoms with E-state index in [1.807, 2.05) is 52.6 Å². The van der Waals surface area contributed by atoms with Gasteiger partial charge in [0.15, 0.2) is 11.2 Å². The zero-order valence-electron chi connectivity index (χ0n) is 18.2. The third-order valence-corrected chi connectivity index (χ3v) is 4.95. The van der Waals surface area contributed by atoms with Gasteiger partial charge in [0.1, 0.15) is 23.9 Å². The topological polar surface area (TPSA) is 100 Å². The number of carbonyl (C=O) groups is 1. The minimum atomic E-state index is -0.524. The summed E-state index contributed by atoms with van der Waals surface area (Å²) < 4.78 is 15.3. The molecule has 1 saturated heterocycles. The number of aryl methyl sites for hydroxylation is 3. The molecule has 30 heavy (non-hydrogen) atoms. The number of aromatic nitrogens is 6. The molecule has 10 nitrogen and oxygen atoms in total. The van der Waals surface area contributed by atoms with Crippen LogP contribution in [0.25, 0.3) is 22.6 Å². The van der Waals surface area contributed by atoms with Gasteiger partial charge in [-0.1, -0.05) is 0 Å². The van der Waals surface area contributed by atoms with Crippen molar-refractivity contribution in [3.8, 4) is 17.3 Å². The minimum Gasteiger partial charge on any atom is -0.471 e. The van der Waals surface area contributed by atoms with Gasteiger partial charge in [0.05, 0.1) is 17.8 Å². The Morgan fingerprint density at radius 1 is 1.23 bits per heavy atom. The Labute approximate surface area is 174 Å². The monoisotopic (exact) mass is 413 g/mol. The van der Waals surface area contributed by atoms with Crippen LogP contribution >= 0.6 is 0 Å². The molecule has 1 amide bonds. The zero-order chi connectivity index (χ0) is 21.6. The van der Waals surface area contributed by atoms with Gasteiger partial charge in [-0.3, -0.25) is 4.68 Å². The maximum Gasteiger partial charge on any atom is 0.410 e. The van der Waals surface area contributed by atoms with E-state index >= 15 is 0 Å². The van der Waals surface area contributed by atoms with E-state index in [2.05, 4.69) is 15.1 Å². The van der Waals surface area contributed by atoms with Crippen LogP contribution in [-0.2, 0) is 18.8 Å². The number of fused-ring (bicyclic) bond motifs is 1. The average Bonchev–Trinajstić information content (AvgIpc) is 3.32. The van der Waals surface area contributed by atoms with Crippen molar-refractivity contribution in [1.82, 2.24) is 34.2 Å². The summed E-state index contributed by atoms with van der Waals surface area (Å²) in [6.45, 7) is 8.54. The van der Waals surface area contributed by atoms with Crippen molar-refractivity contribution in [2.45, 2.75) is 45.8 Å². The molecule has 3 aromatic rings. The fraction of sp³-hybridized carbons (Fsp3) is 0.550. The average molecular weight is 413 g/mol. The number of hydrogen-bond acceptors (Lipinski definition) is 7. The second kappa shape index (κ2) is 7.26. The molecule has 4 rings (SSSR count). The predicted octanol–water partition coefficient (Wildman–Crippen LogP) is 2.46. The van der Waals surface area contributed by atoms with E-state index in [0.29, 0.717) is 36.6 Å². The molecule has 1 atom stereocenters. The van der Waals surface area contributed by atoms with Crippen LogP contribution in [0.3, 0.4) is 0 Å². The van der Waals surface area contributed by atoms with Gasteiger partial charge in [-0.15, -0.1) is 0 Å². The first kappa shape index (κ1) is 20.1. The minimum absolute atomic E-state index is 0.179. The van der Waals surface area contributed by atoms with Crippen molar-refractivity contribution >= 4 is 17.3 Å². The number of likely N-dealkylation sites (tertiary alicyclic amines) is 1. The van der Waals surface area contributed by atoms with Gasteiger partial charge in [-0.2, -0.15) is 10.1 Å². The molecule has 0 N–H and O–H groups in total. The molecule has 1 aliphatic rings. The Bertz CT molecular complexity index is 1100. The molecule has 1 aliphatic heterocycles. The van der Waals surface area contributed by atoms with Gasteiger partial charge in [-0.05, 0) is 27.7 Å². The lowest BCUT2D eigenvalue weighted by Gasteiger charge is -2.24. The fourth-order valence-electron chi connectivity index (χ4n) is 3.60. The molecule has 0 radical (unpaired) electrons.